The second-order valence-corrected chi connectivity index (χ2v) is 5.84. The van der Waals surface area contributed by atoms with Crippen LogP contribution in [0.15, 0.2) is 54.6 Å². The maximum Gasteiger partial charge on any atom is 0.120 e. The predicted octanol–water partition coefficient (Wildman–Crippen LogP) is 3.05. The Morgan fingerprint density at radius 1 is 0.957 bits per heavy atom. The fourth-order valence-corrected chi connectivity index (χ4v) is 3.29. The molecule has 4 nitrogen and oxygen atoms in total. The van der Waals surface area contributed by atoms with Crippen LogP contribution in [0.3, 0.4) is 0 Å². The highest BCUT2D eigenvalue weighted by atomic mass is 16.5. The average molecular weight is 307 g/mol. The predicted molar refractivity (Wildman–Crippen MR) is 94.9 cm³/mol. The van der Waals surface area contributed by atoms with Crippen LogP contribution in [-0.4, -0.2) is 37.9 Å². The lowest BCUT2D eigenvalue weighted by atomic mass is 10.2. The number of ether oxygens (including phenoxy) is 1. The molecule has 4 rings (SSSR count). The summed E-state index contributed by atoms with van der Waals surface area (Å²) < 4.78 is 7.75. The van der Waals surface area contributed by atoms with Gasteiger partial charge in [-0.05, 0) is 24.3 Å². The summed E-state index contributed by atoms with van der Waals surface area (Å²) in [4.78, 5) is 2.45. The summed E-state index contributed by atoms with van der Waals surface area (Å²) >= 11 is 0. The SMILES string of the molecule is COc1cccc(-n2c(N3CCNCC3)cc3ccccc32)c1. The first-order valence-corrected chi connectivity index (χ1v) is 8.07. The van der Waals surface area contributed by atoms with Crippen molar-refractivity contribution in [1.82, 2.24) is 9.88 Å². The molecule has 0 spiro atoms. The van der Waals surface area contributed by atoms with Gasteiger partial charge in [-0.15, -0.1) is 0 Å². The van der Waals surface area contributed by atoms with Crippen molar-refractivity contribution in [2.75, 3.05) is 38.2 Å². The zero-order valence-corrected chi connectivity index (χ0v) is 13.3. The van der Waals surface area contributed by atoms with Gasteiger partial charge in [0.2, 0.25) is 0 Å². The van der Waals surface area contributed by atoms with E-state index in [0.29, 0.717) is 0 Å². The molecule has 0 aliphatic carbocycles. The first-order valence-electron chi connectivity index (χ1n) is 8.07. The molecule has 1 aliphatic heterocycles. The molecule has 3 aromatic rings. The van der Waals surface area contributed by atoms with E-state index in [1.165, 1.54) is 16.7 Å². The van der Waals surface area contributed by atoms with Gasteiger partial charge in [-0.25, -0.2) is 0 Å². The van der Waals surface area contributed by atoms with E-state index in [-0.39, 0.29) is 0 Å². The van der Waals surface area contributed by atoms with Gasteiger partial charge >= 0.3 is 0 Å². The number of para-hydroxylation sites is 1. The number of hydrogen-bond donors (Lipinski definition) is 1. The van der Waals surface area contributed by atoms with E-state index in [9.17, 15) is 0 Å². The normalized spacial score (nSPS) is 15.1. The number of benzene rings is 2. The van der Waals surface area contributed by atoms with Crippen LogP contribution in [0.4, 0.5) is 5.82 Å². The van der Waals surface area contributed by atoms with Crippen LogP contribution < -0.4 is 15.0 Å². The molecule has 1 N–H and O–H groups in total. The zero-order valence-electron chi connectivity index (χ0n) is 13.3. The Hall–Kier alpha value is -2.46. The first kappa shape index (κ1) is 14.2. The van der Waals surface area contributed by atoms with Crippen LogP contribution in [0.1, 0.15) is 0 Å². The molecule has 2 aromatic carbocycles. The molecule has 1 aromatic heterocycles. The van der Waals surface area contributed by atoms with E-state index >= 15 is 0 Å². The van der Waals surface area contributed by atoms with Crippen molar-refractivity contribution in [3.05, 3.63) is 54.6 Å². The Bertz CT molecular complexity index is 818. The van der Waals surface area contributed by atoms with Crippen molar-refractivity contribution < 1.29 is 4.74 Å². The maximum absolute atomic E-state index is 5.41. The van der Waals surface area contributed by atoms with Gasteiger partial charge in [0.15, 0.2) is 0 Å². The third kappa shape index (κ3) is 2.55. The van der Waals surface area contributed by atoms with Gasteiger partial charge in [-0.2, -0.15) is 0 Å². The van der Waals surface area contributed by atoms with Gasteiger partial charge in [-0.1, -0.05) is 24.3 Å². The topological polar surface area (TPSA) is 29.4 Å². The average Bonchev–Trinajstić information content (AvgIpc) is 3.02. The molecule has 0 amide bonds. The molecule has 0 unspecified atom stereocenters. The Kier molecular flexibility index (Phi) is 3.67. The molecular weight excluding hydrogens is 286 g/mol. The summed E-state index contributed by atoms with van der Waals surface area (Å²) in [6.45, 7) is 4.11. The molecule has 0 bridgehead atoms. The van der Waals surface area contributed by atoms with Crippen LogP contribution in [-0.2, 0) is 0 Å². The van der Waals surface area contributed by atoms with Crippen molar-refractivity contribution in [3.8, 4) is 11.4 Å². The summed E-state index contributed by atoms with van der Waals surface area (Å²) in [5.74, 6) is 2.13. The second-order valence-electron chi connectivity index (χ2n) is 5.84. The Morgan fingerprint density at radius 3 is 2.61 bits per heavy atom. The quantitative estimate of drug-likeness (QED) is 0.806. The third-order valence-electron chi connectivity index (χ3n) is 4.44. The molecule has 1 aliphatic rings. The minimum Gasteiger partial charge on any atom is -0.497 e. The number of rotatable bonds is 3. The largest absolute Gasteiger partial charge is 0.497 e. The number of piperazine rings is 1. The van der Waals surface area contributed by atoms with Gasteiger partial charge in [0.25, 0.3) is 0 Å². The van der Waals surface area contributed by atoms with E-state index < -0.39 is 0 Å². The molecule has 0 radical (unpaired) electrons. The molecule has 0 saturated carbocycles. The molecular formula is C19H21N3O. The smallest absolute Gasteiger partial charge is 0.120 e. The first-order chi connectivity index (χ1) is 11.4. The standard InChI is InChI=1S/C19H21N3O/c1-23-17-7-4-6-16(14-17)22-18-8-3-2-5-15(18)13-19(22)21-11-9-20-10-12-21/h2-8,13-14,20H,9-12H2,1H3. The summed E-state index contributed by atoms with van der Waals surface area (Å²) in [5.41, 5.74) is 2.37. The van der Waals surface area contributed by atoms with Gasteiger partial charge in [-0.3, -0.25) is 4.57 Å². The van der Waals surface area contributed by atoms with Gasteiger partial charge in [0, 0.05) is 37.6 Å². The molecule has 1 fully saturated rings. The second kappa shape index (κ2) is 5.97. The molecule has 4 heteroatoms. The van der Waals surface area contributed by atoms with Gasteiger partial charge in [0.05, 0.1) is 18.3 Å². The molecule has 1 saturated heterocycles. The van der Waals surface area contributed by atoms with E-state index in [4.69, 9.17) is 4.74 Å². The fourth-order valence-electron chi connectivity index (χ4n) is 3.29. The van der Waals surface area contributed by atoms with Crippen LogP contribution in [0.25, 0.3) is 16.6 Å². The molecule has 23 heavy (non-hydrogen) atoms. The Labute approximate surface area is 136 Å². The van der Waals surface area contributed by atoms with Crippen molar-refractivity contribution in [1.29, 1.82) is 0 Å². The highest BCUT2D eigenvalue weighted by molar-refractivity contribution is 5.87. The maximum atomic E-state index is 5.41. The lowest BCUT2D eigenvalue weighted by Gasteiger charge is -2.30. The highest BCUT2D eigenvalue weighted by Gasteiger charge is 2.18. The van der Waals surface area contributed by atoms with Crippen molar-refractivity contribution in [3.63, 3.8) is 0 Å². The van der Waals surface area contributed by atoms with Crippen LogP contribution in [0, 0.1) is 0 Å². The van der Waals surface area contributed by atoms with E-state index in [2.05, 4.69) is 57.2 Å². The lowest BCUT2D eigenvalue weighted by Crippen LogP contribution is -2.44. The summed E-state index contributed by atoms with van der Waals surface area (Å²) in [7, 11) is 1.71. The van der Waals surface area contributed by atoms with Crippen molar-refractivity contribution >= 4 is 16.7 Å². The van der Waals surface area contributed by atoms with Gasteiger partial charge < -0.3 is 15.0 Å². The van der Waals surface area contributed by atoms with Gasteiger partial charge in [0.1, 0.15) is 11.6 Å². The van der Waals surface area contributed by atoms with Crippen LogP contribution in [0.2, 0.25) is 0 Å². The number of methoxy groups -OCH3 is 1. The van der Waals surface area contributed by atoms with E-state index in [0.717, 1.165) is 37.6 Å². The van der Waals surface area contributed by atoms with Crippen molar-refractivity contribution in [2.45, 2.75) is 0 Å². The Morgan fingerprint density at radius 2 is 1.78 bits per heavy atom. The molecule has 118 valence electrons. The minimum absolute atomic E-state index is 0.881. The van der Waals surface area contributed by atoms with E-state index in [1.807, 2.05) is 12.1 Å². The number of anilines is 1. The highest BCUT2D eigenvalue weighted by Crippen LogP contribution is 2.31. The number of nitrogens with zero attached hydrogens (tertiary/aromatic N) is 2. The van der Waals surface area contributed by atoms with Crippen LogP contribution >= 0.6 is 0 Å². The summed E-state index contributed by atoms with van der Waals surface area (Å²) in [6.07, 6.45) is 0. The van der Waals surface area contributed by atoms with E-state index in [1.54, 1.807) is 7.11 Å². The summed E-state index contributed by atoms with van der Waals surface area (Å²) in [5, 5.41) is 4.69. The lowest BCUT2D eigenvalue weighted by molar-refractivity contribution is 0.414. The van der Waals surface area contributed by atoms with Crippen molar-refractivity contribution in [2.24, 2.45) is 0 Å². The Balaban J connectivity index is 1.91. The molecule has 0 atom stereocenters. The number of aromatic nitrogens is 1. The number of hydrogen-bond acceptors (Lipinski definition) is 3. The molecule has 2 heterocycles. The monoisotopic (exact) mass is 307 g/mol. The third-order valence-corrected chi connectivity index (χ3v) is 4.44. The summed E-state index contributed by atoms with van der Waals surface area (Å²) in [6, 6.07) is 19.1. The number of fused-ring (bicyclic) bond motifs is 1. The fraction of sp³-hybridized carbons (Fsp3) is 0.263. The zero-order chi connectivity index (χ0) is 15.6. The minimum atomic E-state index is 0.881. The number of nitrogens with one attached hydrogen (secondary N) is 1. The van der Waals surface area contributed by atoms with Crippen LogP contribution in [0.5, 0.6) is 5.75 Å².